The predicted octanol–water partition coefficient (Wildman–Crippen LogP) is 2.62. The topological polar surface area (TPSA) is 29.9 Å². The van der Waals surface area contributed by atoms with Gasteiger partial charge >= 0.3 is 0 Å². The highest BCUT2D eigenvalue weighted by Crippen LogP contribution is 2.28. The fourth-order valence-electron chi connectivity index (χ4n) is 2.28. The fraction of sp³-hybridized carbons (Fsp3) is 0.357. The van der Waals surface area contributed by atoms with Crippen molar-refractivity contribution >= 4 is 0 Å². The minimum absolute atomic E-state index is 0.0329. The van der Waals surface area contributed by atoms with E-state index in [0.717, 1.165) is 11.4 Å². The third-order valence-corrected chi connectivity index (χ3v) is 3.23. The number of nitrogens with one attached hydrogen (secondary N) is 1. The lowest BCUT2D eigenvalue weighted by Crippen LogP contribution is -2.23. The molecule has 0 aliphatic heterocycles. The summed E-state index contributed by atoms with van der Waals surface area (Å²) in [7, 11) is 3.44. The number of halogens is 2. The first-order valence-corrected chi connectivity index (χ1v) is 6.08. The molecule has 1 unspecified atom stereocenters. The molecule has 1 aromatic carbocycles. The quantitative estimate of drug-likeness (QED) is 0.924. The van der Waals surface area contributed by atoms with Crippen LogP contribution in [0.4, 0.5) is 8.78 Å². The number of hydrogen-bond acceptors (Lipinski definition) is 2. The van der Waals surface area contributed by atoms with E-state index in [1.807, 2.05) is 13.0 Å². The Labute approximate surface area is 111 Å². The van der Waals surface area contributed by atoms with Crippen LogP contribution < -0.4 is 5.32 Å². The van der Waals surface area contributed by atoms with Gasteiger partial charge in [-0.3, -0.25) is 4.68 Å². The van der Waals surface area contributed by atoms with Gasteiger partial charge in [-0.15, -0.1) is 0 Å². The van der Waals surface area contributed by atoms with Crippen molar-refractivity contribution in [3.05, 3.63) is 52.3 Å². The van der Waals surface area contributed by atoms with Crippen molar-refractivity contribution in [2.24, 2.45) is 7.05 Å². The lowest BCUT2D eigenvalue weighted by Gasteiger charge is -2.19. The Kier molecular flexibility index (Phi) is 3.66. The van der Waals surface area contributed by atoms with E-state index in [2.05, 4.69) is 10.4 Å². The molecule has 0 aliphatic carbocycles. The summed E-state index contributed by atoms with van der Waals surface area (Å²) in [5.74, 6) is -1.07. The van der Waals surface area contributed by atoms with Crippen LogP contribution in [0, 0.1) is 25.5 Å². The molecule has 0 amide bonds. The average molecular weight is 265 g/mol. The van der Waals surface area contributed by atoms with Gasteiger partial charge in [0.2, 0.25) is 0 Å². The van der Waals surface area contributed by atoms with E-state index in [4.69, 9.17) is 0 Å². The monoisotopic (exact) mass is 265 g/mol. The summed E-state index contributed by atoms with van der Waals surface area (Å²) in [6, 6.07) is 3.99. The lowest BCUT2D eigenvalue weighted by molar-refractivity contribution is 0.502. The van der Waals surface area contributed by atoms with E-state index in [-0.39, 0.29) is 5.56 Å². The zero-order valence-electron chi connectivity index (χ0n) is 11.5. The van der Waals surface area contributed by atoms with Crippen molar-refractivity contribution in [3.63, 3.8) is 0 Å². The van der Waals surface area contributed by atoms with Crippen LogP contribution in [0.3, 0.4) is 0 Å². The van der Waals surface area contributed by atoms with Crippen molar-refractivity contribution in [1.29, 1.82) is 0 Å². The second-order valence-electron chi connectivity index (χ2n) is 4.65. The summed E-state index contributed by atoms with van der Waals surface area (Å²) >= 11 is 0. The molecule has 0 bridgehead atoms. The van der Waals surface area contributed by atoms with E-state index < -0.39 is 17.7 Å². The molecule has 2 rings (SSSR count). The second-order valence-corrected chi connectivity index (χ2v) is 4.65. The van der Waals surface area contributed by atoms with Gasteiger partial charge in [0.15, 0.2) is 0 Å². The molecule has 0 aliphatic rings. The van der Waals surface area contributed by atoms with Crippen LogP contribution in [0.5, 0.6) is 0 Å². The molecule has 1 aromatic heterocycles. The average Bonchev–Trinajstić information content (AvgIpc) is 2.69. The number of hydrogen-bond donors (Lipinski definition) is 1. The van der Waals surface area contributed by atoms with Crippen LogP contribution in [0.1, 0.15) is 28.6 Å². The molecular weight excluding hydrogens is 248 g/mol. The molecule has 0 radical (unpaired) electrons. The standard InChI is InChI=1S/C14H17F2N3/c1-8-5-6-10(15)12(13(8)16)14(17-3)11-7-9(2)18-19(11)4/h5-7,14,17H,1-4H3. The Morgan fingerprint density at radius 3 is 2.47 bits per heavy atom. The maximum Gasteiger partial charge on any atom is 0.134 e. The Bertz CT molecular complexity index is 605. The highest BCUT2D eigenvalue weighted by molar-refractivity contribution is 5.34. The number of nitrogens with zero attached hydrogens (tertiary/aromatic N) is 2. The van der Waals surface area contributed by atoms with Gasteiger partial charge in [0.1, 0.15) is 11.6 Å². The summed E-state index contributed by atoms with van der Waals surface area (Å²) in [6.07, 6.45) is 0. The highest BCUT2D eigenvalue weighted by Gasteiger charge is 2.24. The smallest absolute Gasteiger partial charge is 0.134 e. The van der Waals surface area contributed by atoms with E-state index >= 15 is 0 Å². The molecule has 2 aromatic rings. The van der Waals surface area contributed by atoms with E-state index in [1.165, 1.54) is 12.1 Å². The highest BCUT2D eigenvalue weighted by atomic mass is 19.1. The SMILES string of the molecule is CNC(c1c(F)ccc(C)c1F)c1cc(C)nn1C. The molecule has 0 saturated heterocycles. The minimum atomic E-state index is -0.564. The lowest BCUT2D eigenvalue weighted by atomic mass is 9.99. The molecule has 0 spiro atoms. The predicted molar refractivity (Wildman–Crippen MR) is 69.9 cm³/mol. The Hall–Kier alpha value is -1.75. The number of rotatable bonds is 3. The number of aryl methyl sites for hydroxylation is 3. The summed E-state index contributed by atoms with van der Waals surface area (Å²) in [4.78, 5) is 0. The summed E-state index contributed by atoms with van der Waals surface area (Å²) in [5, 5.41) is 7.18. The zero-order valence-corrected chi connectivity index (χ0v) is 11.5. The van der Waals surface area contributed by atoms with Crippen LogP contribution >= 0.6 is 0 Å². The van der Waals surface area contributed by atoms with Crippen molar-refractivity contribution in [2.45, 2.75) is 19.9 Å². The largest absolute Gasteiger partial charge is 0.308 e. The minimum Gasteiger partial charge on any atom is -0.308 e. The normalized spacial score (nSPS) is 12.7. The van der Waals surface area contributed by atoms with Gasteiger partial charge in [0.25, 0.3) is 0 Å². The molecule has 0 fully saturated rings. The maximum atomic E-state index is 14.2. The first kappa shape index (κ1) is 13.7. The van der Waals surface area contributed by atoms with Gasteiger partial charge < -0.3 is 5.32 Å². The fourth-order valence-corrected chi connectivity index (χ4v) is 2.28. The third-order valence-electron chi connectivity index (χ3n) is 3.23. The van der Waals surface area contributed by atoms with E-state index in [0.29, 0.717) is 5.56 Å². The first-order chi connectivity index (χ1) is 8.95. The third kappa shape index (κ3) is 2.38. The van der Waals surface area contributed by atoms with Crippen LogP contribution in [0.25, 0.3) is 0 Å². The van der Waals surface area contributed by atoms with Crippen molar-refractivity contribution in [2.75, 3.05) is 7.05 Å². The molecule has 1 atom stereocenters. The first-order valence-electron chi connectivity index (χ1n) is 6.08. The van der Waals surface area contributed by atoms with Crippen LogP contribution in [-0.2, 0) is 7.05 Å². The molecule has 1 N–H and O–H groups in total. The van der Waals surface area contributed by atoms with Crippen molar-refractivity contribution < 1.29 is 8.78 Å². The van der Waals surface area contributed by atoms with Crippen LogP contribution in [0.2, 0.25) is 0 Å². The molecule has 19 heavy (non-hydrogen) atoms. The summed E-state index contributed by atoms with van der Waals surface area (Å²) in [5.41, 5.74) is 2.00. The zero-order chi connectivity index (χ0) is 14.2. The van der Waals surface area contributed by atoms with Crippen molar-refractivity contribution in [3.8, 4) is 0 Å². The Balaban J connectivity index is 2.61. The Morgan fingerprint density at radius 2 is 1.95 bits per heavy atom. The van der Waals surface area contributed by atoms with Gasteiger partial charge in [-0.05, 0) is 38.6 Å². The molecular formula is C14H17F2N3. The van der Waals surface area contributed by atoms with E-state index in [1.54, 1.807) is 25.7 Å². The van der Waals surface area contributed by atoms with Crippen LogP contribution in [0.15, 0.2) is 18.2 Å². The van der Waals surface area contributed by atoms with Crippen molar-refractivity contribution in [1.82, 2.24) is 15.1 Å². The van der Waals surface area contributed by atoms with Gasteiger partial charge in [0.05, 0.1) is 17.4 Å². The van der Waals surface area contributed by atoms with Crippen LogP contribution in [-0.4, -0.2) is 16.8 Å². The number of aromatic nitrogens is 2. The van der Waals surface area contributed by atoms with Gasteiger partial charge in [-0.1, -0.05) is 6.07 Å². The molecule has 5 heteroatoms. The van der Waals surface area contributed by atoms with Gasteiger partial charge in [0, 0.05) is 12.6 Å². The van der Waals surface area contributed by atoms with Gasteiger partial charge in [-0.25, -0.2) is 8.78 Å². The Morgan fingerprint density at radius 1 is 1.26 bits per heavy atom. The molecule has 1 heterocycles. The van der Waals surface area contributed by atoms with E-state index in [9.17, 15) is 8.78 Å². The summed E-state index contributed by atoms with van der Waals surface area (Å²) in [6.45, 7) is 3.47. The molecule has 0 saturated carbocycles. The maximum absolute atomic E-state index is 14.2. The molecule has 3 nitrogen and oxygen atoms in total. The van der Waals surface area contributed by atoms with Gasteiger partial charge in [-0.2, -0.15) is 5.10 Å². The second kappa shape index (κ2) is 5.09. The number of benzene rings is 1. The summed E-state index contributed by atoms with van der Waals surface area (Å²) < 4.78 is 29.8. The molecule has 102 valence electrons.